The van der Waals surface area contributed by atoms with E-state index in [2.05, 4.69) is 0 Å². The molecular formula is C21H26N2O4S. The molecule has 2 aromatic carbocycles. The third-order valence-corrected chi connectivity index (χ3v) is 5.79. The van der Waals surface area contributed by atoms with Crippen LogP contribution < -0.4 is 13.9 Å². The minimum absolute atomic E-state index is 0.00636. The zero-order chi connectivity index (χ0) is 20.5. The highest BCUT2D eigenvalue weighted by molar-refractivity contribution is 7.92. The van der Waals surface area contributed by atoms with Crippen LogP contribution in [0.3, 0.4) is 0 Å². The lowest BCUT2D eigenvalue weighted by Gasteiger charge is -2.28. The zero-order valence-electron chi connectivity index (χ0n) is 16.6. The number of amides is 1. The predicted octanol–water partition coefficient (Wildman–Crippen LogP) is 3.22. The third kappa shape index (κ3) is 4.30. The van der Waals surface area contributed by atoms with Crippen molar-refractivity contribution in [3.63, 3.8) is 0 Å². The number of sulfonamides is 1. The Morgan fingerprint density at radius 1 is 1.18 bits per heavy atom. The van der Waals surface area contributed by atoms with E-state index < -0.39 is 10.0 Å². The molecule has 0 saturated heterocycles. The lowest BCUT2D eigenvalue weighted by atomic mass is 10.1. The maximum atomic E-state index is 13.1. The van der Waals surface area contributed by atoms with E-state index in [-0.39, 0.29) is 24.6 Å². The SMILES string of the molecule is CC(C)Oc1ccc(N(CC(=O)N2c3ccccc3CC2C)S(C)(=O)=O)cc1. The second-order valence-electron chi connectivity index (χ2n) is 7.38. The molecule has 1 heterocycles. The number of hydrogen-bond acceptors (Lipinski definition) is 4. The van der Waals surface area contributed by atoms with Crippen molar-refractivity contribution in [3.05, 3.63) is 54.1 Å². The Balaban J connectivity index is 1.85. The molecule has 0 saturated carbocycles. The van der Waals surface area contributed by atoms with E-state index in [1.165, 1.54) is 0 Å². The predicted molar refractivity (Wildman–Crippen MR) is 111 cm³/mol. The second kappa shape index (κ2) is 7.83. The van der Waals surface area contributed by atoms with E-state index in [9.17, 15) is 13.2 Å². The van der Waals surface area contributed by atoms with Crippen molar-refractivity contribution in [1.82, 2.24) is 0 Å². The first-order chi connectivity index (χ1) is 13.2. The molecule has 1 aliphatic heterocycles. The maximum absolute atomic E-state index is 13.1. The van der Waals surface area contributed by atoms with Gasteiger partial charge in [0, 0.05) is 11.7 Å². The Morgan fingerprint density at radius 2 is 1.82 bits per heavy atom. The number of carbonyl (C=O) groups excluding carboxylic acids is 1. The van der Waals surface area contributed by atoms with Crippen molar-refractivity contribution in [2.75, 3.05) is 22.0 Å². The summed E-state index contributed by atoms with van der Waals surface area (Å²) < 4.78 is 31.5. The molecule has 2 aromatic rings. The van der Waals surface area contributed by atoms with E-state index in [4.69, 9.17) is 4.74 Å². The lowest BCUT2D eigenvalue weighted by Crippen LogP contribution is -2.45. The van der Waals surface area contributed by atoms with E-state index in [0.717, 1.165) is 28.2 Å². The minimum Gasteiger partial charge on any atom is -0.491 e. The summed E-state index contributed by atoms with van der Waals surface area (Å²) in [7, 11) is -3.63. The molecule has 1 amide bonds. The smallest absolute Gasteiger partial charge is 0.248 e. The van der Waals surface area contributed by atoms with Gasteiger partial charge in [0.25, 0.3) is 0 Å². The quantitative estimate of drug-likeness (QED) is 0.744. The van der Waals surface area contributed by atoms with Crippen molar-refractivity contribution in [3.8, 4) is 5.75 Å². The van der Waals surface area contributed by atoms with Crippen LogP contribution in [0.2, 0.25) is 0 Å². The molecule has 7 heteroatoms. The Morgan fingerprint density at radius 3 is 2.43 bits per heavy atom. The highest BCUT2D eigenvalue weighted by Crippen LogP contribution is 2.32. The van der Waals surface area contributed by atoms with E-state index in [1.807, 2.05) is 45.0 Å². The van der Waals surface area contributed by atoms with E-state index in [0.29, 0.717) is 11.4 Å². The summed E-state index contributed by atoms with van der Waals surface area (Å²) in [4.78, 5) is 14.8. The highest BCUT2D eigenvalue weighted by atomic mass is 32.2. The van der Waals surface area contributed by atoms with Crippen LogP contribution in [-0.4, -0.2) is 39.3 Å². The molecule has 0 N–H and O–H groups in total. The van der Waals surface area contributed by atoms with Gasteiger partial charge in [0.15, 0.2) is 0 Å². The van der Waals surface area contributed by atoms with Gasteiger partial charge in [-0.15, -0.1) is 0 Å². The molecule has 28 heavy (non-hydrogen) atoms. The Kier molecular flexibility index (Phi) is 5.65. The normalized spacial score (nSPS) is 16.2. The van der Waals surface area contributed by atoms with Crippen LogP contribution in [0.1, 0.15) is 26.3 Å². The van der Waals surface area contributed by atoms with Crippen molar-refractivity contribution >= 4 is 27.3 Å². The zero-order valence-corrected chi connectivity index (χ0v) is 17.4. The van der Waals surface area contributed by atoms with Crippen LogP contribution in [0.4, 0.5) is 11.4 Å². The summed E-state index contributed by atoms with van der Waals surface area (Å²) in [5.74, 6) is 0.408. The van der Waals surface area contributed by atoms with Gasteiger partial charge in [-0.2, -0.15) is 0 Å². The summed E-state index contributed by atoms with van der Waals surface area (Å²) in [5.41, 5.74) is 2.39. The molecule has 0 bridgehead atoms. The number of benzene rings is 2. The molecule has 0 fully saturated rings. The largest absolute Gasteiger partial charge is 0.491 e. The molecule has 1 aliphatic rings. The lowest BCUT2D eigenvalue weighted by molar-refractivity contribution is -0.117. The second-order valence-corrected chi connectivity index (χ2v) is 9.28. The number of fused-ring (bicyclic) bond motifs is 1. The maximum Gasteiger partial charge on any atom is 0.248 e. The first kappa shape index (κ1) is 20.2. The first-order valence-corrected chi connectivity index (χ1v) is 11.2. The molecule has 3 rings (SSSR count). The molecule has 0 aromatic heterocycles. The van der Waals surface area contributed by atoms with Crippen LogP contribution in [0.5, 0.6) is 5.75 Å². The molecule has 150 valence electrons. The van der Waals surface area contributed by atoms with Crippen LogP contribution in [0, 0.1) is 0 Å². The summed E-state index contributed by atoms with van der Waals surface area (Å²) in [5, 5.41) is 0. The van der Waals surface area contributed by atoms with Gasteiger partial charge in [0.05, 0.1) is 18.0 Å². The molecule has 6 nitrogen and oxygen atoms in total. The summed E-state index contributed by atoms with van der Waals surface area (Å²) in [6.07, 6.45) is 1.90. The van der Waals surface area contributed by atoms with Crippen molar-refractivity contribution < 1.29 is 17.9 Å². The summed E-state index contributed by atoms with van der Waals surface area (Å²) in [6.45, 7) is 5.57. The molecular weight excluding hydrogens is 376 g/mol. The fourth-order valence-electron chi connectivity index (χ4n) is 3.51. The summed E-state index contributed by atoms with van der Waals surface area (Å²) >= 11 is 0. The van der Waals surface area contributed by atoms with E-state index >= 15 is 0 Å². The van der Waals surface area contributed by atoms with Gasteiger partial charge in [0.2, 0.25) is 15.9 Å². The van der Waals surface area contributed by atoms with Gasteiger partial charge in [-0.05, 0) is 63.1 Å². The topological polar surface area (TPSA) is 66.9 Å². The van der Waals surface area contributed by atoms with Crippen LogP contribution in [0.25, 0.3) is 0 Å². The average molecular weight is 403 g/mol. The number of ether oxygens (including phenoxy) is 1. The number of para-hydroxylation sites is 1. The van der Waals surface area contributed by atoms with Gasteiger partial charge in [-0.1, -0.05) is 18.2 Å². The van der Waals surface area contributed by atoms with Gasteiger partial charge >= 0.3 is 0 Å². The molecule has 0 spiro atoms. The molecule has 1 atom stereocenters. The van der Waals surface area contributed by atoms with Gasteiger partial charge in [-0.25, -0.2) is 8.42 Å². The van der Waals surface area contributed by atoms with Crippen molar-refractivity contribution in [2.45, 2.75) is 39.3 Å². The van der Waals surface area contributed by atoms with Crippen LogP contribution in [-0.2, 0) is 21.2 Å². The van der Waals surface area contributed by atoms with Crippen molar-refractivity contribution in [2.24, 2.45) is 0 Å². The Labute approximate surface area is 166 Å². The fraction of sp³-hybridized carbons (Fsp3) is 0.381. The Hall–Kier alpha value is -2.54. The standard InChI is InChI=1S/C21H26N2O4S/c1-15(2)27-19-11-9-18(10-12-19)22(28(4,25)26)14-21(24)23-16(3)13-17-7-5-6-8-20(17)23/h5-12,15-16H,13-14H2,1-4H3. The number of anilines is 2. The van der Waals surface area contributed by atoms with Gasteiger partial charge < -0.3 is 9.64 Å². The monoisotopic (exact) mass is 402 g/mol. The number of hydrogen-bond donors (Lipinski definition) is 0. The van der Waals surface area contributed by atoms with Gasteiger partial charge in [-0.3, -0.25) is 9.10 Å². The molecule has 0 aliphatic carbocycles. The van der Waals surface area contributed by atoms with Crippen molar-refractivity contribution in [1.29, 1.82) is 0 Å². The average Bonchev–Trinajstić information content (AvgIpc) is 2.94. The van der Waals surface area contributed by atoms with Gasteiger partial charge in [0.1, 0.15) is 12.3 Å². The first-order valence-electron chi connectivity index (χ1n) is 9.31. The third-order valence-electron chi connectivity index (χ3n) is 4.65. The highest BCUT2D eigenvalue weighted by Gasteiger charge is 2.33. The fourth-order valence-corrected chi connectivity index (χ4v) is 4.36. The Bertz CT molecular complexity index is 955. The summed E-state index contributed by atoms with van der Waals surface area (Å²) in [6, 6.07) is 14.5. The molecule has 1 unspecified atom stereocenters. The van der Waals surface area contributed by atoms with E-state index in [1.54, 1.807) is 29.2 Å². The van der Waals surface area contributed by atoms with Crippen LogP contribution >= 0.6 is 0 Å². The number of nitrogens with zero attached hydrogens (tertiary/aromatic N) is 2. The number of rotatable bonds is 6. The van der Waals surface area contributed by atoms with Crippen LogP contribution in [0.15, 0.2) is 48.5 Å². The minimum atomic E-state index is -3.63. The molecule has 0 radical (unpaired) electrons. The number of carbonyl (C=O) groups is 1.